The van der Waals surface area contributed by atoms with Gasteiger partial charge in [0, 0.05) is 23.8 Å². The standard InChI is InChI=1S/C12H13BrN2O3/c13-9-4-1-5-14-10(9)11(16)15-6-2-3-8(7-15)12(17)18/h1,4-5,8H,2-3,6-7H2,(H,17,18)/t8-/m0/s1. The second kappa shape index (κ2) is 5.48. The number of hydrogen-bond acceptors (Lipinski definition) is 3. The van der Waals surface area contributed by atoms with Crippen LogP contribution in [-0.2, 0) is 4.79 Å². The molecule has 1 N–H and O–H groups in total. The Kier molecular flexibility index (Phi) is 3.96. The summed E-state index contributed by atoms with van der Waals surface area (Å²) in [5.41, 5.74) is 0.337. The van der Waals surface area contributed by atoms with Gasteiger partial charge in [0.15, 0.2) is 0 Å². The van der Waals surface area contributed by atoms with E-state index in [1.54, 1.807) is 23.2 Å². The fourth-order valence-corrected chi connectivity index (χ4v) is 2.48. The molecule has 1 amide bonds. The molecule has 1 aliphatic rings. The van der Waals surface area contributed by atoms with Crippen LogP contribution in [0.3, 0.4) is 0 Å². The molecule has 0 radical (unpaired) electrons. The normalized spacial score (nSPS) is 19.6. The molecule has 0 aliphatic carbocycles. The molecular formula is C12H13BrN2O3. The number of likely N-dealkylation sites (tertiary alicyclic amines) is 1. The lowest BCUT2D eigenvalue weighted by atomic mass is 9.98. The molecule has 1 saturated heterocycles. The summed E-state index contributed by atoms with van der Waals surface area (Å²) in [4.78, 5) is 28.8. The summed E-state index contributed by atoms with van der Waals surface area (Å²) in [6.07, 6.45) is 2.90. The summed E-state index contributed by atoms with van der Waals surface area (Å²) in [7, 11) is 0. The Bertz CT molecular complexity index is 478. The third-order valence-electron chi connectivity index (χ3n) is 3.02. The van der Waals surface area contributed by atoms with Crippen LogP contribution in [-0.4, -0.2) is 40.0 Å². The zero-order valence-electron chi connectivity index (χ0n) is 9.67. The van der Waals surface area contributed by atoms with Crippen molar-refractivity contribution in [1.82, 2.24) is 9.88 Å². The number of pyridine rings is 1. The lowest BCUT2D eigenvalue weighted by Crippen LogP contribution is -2.42. The number of carbonyl (C=O) groups excluding carboxylic acids is 1. The molecule has 1 aromatic rings. The van der Waals surface area contributed by atoms with Crippen molar-refractivity contribution < 1.29 is 14.7 Å². The minimum absolute atomic E-state index is 0.214. The first kappa shape index (κ1) is 13.0. The molecule has 1 fully saturated rings. The zero-order valence-corrected chi connectivity index (χ0v) is 11.3. The number of aliphatic carboxylic acids is 1. The van der Waals surface area contributed by atoms with Crippen LogP contribution in [0.4, 0.5) is 0 Å². The van der Waals surface area contributed by atoms with Gasteiger partial charge in [-0.05, 0) is 40.9 Å². The Balaban J connectivity index is 2.14. The summed E-state index contributed by atoms with van der Waals surface area (Å²) < 4.78 is 0.632. The van der Waals surface area contributed by atoms with E-state index in [1.807, 2.05) is 0 Å². The number of carboxylic acids is 1. The largest absolute Gasteiger partial charge is 0.481 e. The van der Waals surface area contributed by atoms with Gasteiger partial charge in [-0.3, -0.25) is 9.59 Å². The van der Waals surface area contributed by atoms with Gasteiger partial charge >= 0.3 is 5.97 Å². The molecule has 5 nitrogen and oxygen atoms in total. The van der Waals surface area contributed by atoms with E-state index in [1.165, 1.54) is 0 Å². The lowest BCUT2D eigenvalue weighted by molar-refractivity contribution is -0.143. The van der Waals surface area contributed by atoms with Crippen LogP contribution in [0.1, 0.15) is 23.3 Å². The van der Waals surface area contributed by atoms with Crippen LogP contribution in [0, 0.1) is 5.92 Å². The molecule has 2 rings (SSSR count). The summed E-state index contributed by atoms with van der Waals surface area (Å²) >= 11 is 3.28. The van der Waals surface area contributed by atoms with Gasteiger partial charge in [-0.2, -0.15) is 0 Å². The van der Waals surface area contributed by atoms with Crippen molar-refractivity contribution in [2.45, 2.75) is 12.8 Å². The summed E-state index contributed by atoms with van der Waals surface area (Å²) in [5, 5.41) is 9.00. The molecule has 18 heavy (non-hydrogen) atoms. The third-order valence-corrected chi connectivity index (χ3v) is 3.66. The molecule has 0 bridgehead atoms. The van der Waals surface area contributed by atoms with Gasteiger partial charge in [-0.25, -0.2) is 4.98 Å². The average Bonchev–Trinajstić information content (AvgIpc) is 2.38. The van der Waals surface area contributed by atoms with Gasteiger partial charge in [0.1, 0.15) is 5.69 Å². The third kappa shape index (κ3) is 2.69. The van der Waals surface area contributed by atoms with Crippen molar-refractivity contribution >= 4 is 27.8 Å². The summed E-state index contributed by atoms with van der Waals surface area (Å²) in [6, 6.07) is 3.48. The zero-order chi connectivity index (χ0) is 13.1. The maximum atomic E-state index is 12.2. The van der Waals surface area contributed by atoms with Crippen LogP contribution in [0.15, 0.2) is 22.8 Å². The van der Waals surface area contributed by atoms with Crippen LogP contribution < -0.4 is 0 Å². The number of piperidine rings is 1. The SMILES string of the molecule is O=C(O)[C@H]1CCCN(C(=O)c2ncccc2Br)C1. The molecule has 1 aliphatic heterocycles. The van der Waals surface area contributed by atoms with Crippen molar-refractivity contribution in [3.8, 4) is 0 Å². The minimum atomic E-state index is -0.840. The molecule has 1 aromatic heterocycles. The Hall–Kier alpha value is -1.43. The number of carboxylic acid groups (broad SMARTS) is 1. The first-order valence-corrected chi connectivity index (χ1v) is 6.51. The van der Waals surface area contributed by atoms with Crippen molar-refractivity contribution in [2.75, 3.05) is 13.1 Å². The Morgan fingerprint density at radius 2 is 2.28 bits per heavy atom. The van der Waals surface area contributed by atoms with Gasteiger partial charge in [-0.15, -0.1) is 0 Å². The Labute approximate surface area is 113 Å². The smallest absolute Gasteiger partial charge is 0.308 e. The van der Waals surface area contributed by atoms with E-state index in [9.17, 15) is 9.59 Å². The molecule has 0 saturated carbocycles. The fourth-order valence-electron chi connectivity index (χ4n) is 2.06. The van der Waals surface area contributed by atoms with Crippen molar-refractivity contribution in [3.05, 3.63) is 28.5 Å². The van der Waals surface area contributed by atoms with E-state index in [0.29, 0.717) is 29.6 Å². The summed E-state index contributed by atoms with van der Waals surface area (Å²) in [6.45, 7) is 0.850. The average molecular weight is 313 g/mol. The van der Waals surface area contributed by atoms with Gasteiger partial charge in [0.25, 0.3) is 5.91 Å². The van der Waals surface area contributed by atoms with Crippen LogP contribution >= 0.6 is 15.9 Å². The van der Waals surface area contributed by atoms with Crippen molar-refractivity contribution in [3.63, 3.8) is 0 Å². The number of aromatic nitrogens is 1. The quantitative estimate of drug-likeness (QED) is 0.903. The topological polar surface area (TPSA) is 70.5 Å². The van der Waals surface area contributed by atoms with E-state index in [4.69, 9.17) is 5.11 Å². The molecule has 0 aromatic carbocycles. The summed E-state index contributed by atoms with van der Waals surface area (Å²) in [5.74, 6) is -1.52. The van der Waals surface area contributed by atoms with E-state index in [2.05, 4.69) is 20.9 Å². The van der Waals surface area contributed by atoms with Crippen molar-refractivity contribution in [2.24, 2.45) is 5.92 Å². The highest BCUT2D eigenvalue weighted by molar-refractivity contribution is 9.10. The predicted octanol–water partition coefficient (Wildman–Crippen LogP) is 1.78. The van der Waals surface area contributed by atoms with Crippen molar-refractivity contribution in [1.29, 1.82) is 0 Å². The van der Waals surface area contributed by atoms with Crippen LogP contribution in [0.2, 0.25) is 0 Å². The fraction of sp³-hybridized carbons (Fsp3) is 0.417. The lowest BCUT2D eigenvalue weighted by Gasteiger charge is -2.30. The number of amides is 1. The van der Waals surface area contributed by atoms with Gasteiger partial charge in [0.2, 0.25) is 0 Å². The van der Waals surface area contributed by atoms with Gasteiger partial charge in [0.05, 0.1) is 5.92 Å². The number of carbonyl (C=O) groups is 2. The second-order valence-corrected chi connectivity index (χ2v) is 5.12. The highest BCUT2D eigenvalue weighted by Crippen LogP contribution is 2.21. The molecule has 96 valence electrons. The number of hydrogen-bond donors (Lipinski definition) is 1. The maximum absolute atomic E-state index is 12.2. The van der Waals surface area contributed by atoms with E-state index >= 15 is 0 Å². The number of rotatable bonds is 2. The molecule has 0 unspecified atom stereocenters. The first-order valence-electron chi connectivity index (χ1n) is 5.72. The van der Waals surface area contributed by atoms with Crippen LogP contribution in [0.25, 0.3) is 0 Å². The monoisotopic (exact) mass is 312 g/mol. The van der Waals surface area contributed by atoms with E-state index < -0.39 is 11.9 Å². The maximum Gasteiger partial charge on any atom is 0.308 e. The Morgan fingerprint density at radius 3 is 2.94 bits per heavy atom. The molecule has 0 spiro atoms. The highest BCUT2D eigenvalue weighted by Gasteiger charge is 2.29. The number of halogens is 1. The van der Waals surface area contributed by atoms with E-state index in [-0.39, 0.29) is 12.5 Å². The van der Waals surface area contributed by atoms with Gasteiger partial charge in [-0.1, -0.05) is 0 Å². The molecule has 1 atom stereocenters. The molecular weight excluding hydrogens is 300 g/mol. The molecule has 2 heterocycles. The van der Waals surface area contributed by atoms with Crippen LogP contribution in [0.5, 0.6) is 0 Å². The Morgan fingerprint density at radius 1 is 1.50 bits per heavy atom. The minimum Gasteiger partial charge on any atom is -0.481 e. The molecule has 6 heteroatoms. The number of nitrogens with zero attached hydrogens (tertiary/aromatic N) is 2. The predicted molar refractivity (Wildman–Crippen MR) is 68.2 cm³/mol. The second-order valence-electron chi connectivity index (χ2n) is 4.26. The highest BCUT2D eigenvalue weighted by atomic mass is 79.9. The van der Waals surface area contributed by atoms with E-state index in [0.717, 1.165) is 0 Å². The van der Waals surface area contributed by atoms with Gasteiger partial charge < -0.3 is 10.0 Å². The first-order chi connectivity index (χ1) is 8.59.